The van der Waals surface area contributed by atoms with Crippen molar-refractivity contribution in [3.63, 3.8) is 0 Å². The van der Waals surface area contributed by atoms with Gasteiger partial charge >= 0.3 is 0 Å². The predicted octanol–water partition coefficient (Wildman–Crippen LogP) is 2.34. The molecule has 0 unspecified atom stereocenters. The van der Waals surface area contributed by atoms with Crippen molar-refractivity contribution in [3.05, 3.63) is 28.4 Å². The van der Waals surface area contributed by atoms with Gasteiger partial charge in [-0.1, -0.05) is 21.1 Å². The number of carbonyl (C=O) groups excluding carboxylic acids is 1. The zero-order chi connectivity index (χ0) is 13.2. The first-order chi connectivity index (χ1) is 9.24. The number of fused-ring (bicyclic) bond motifs is 1. The Morgan fingerprint density at radius 1 is 1.47 bits per heavy atom. The number of benzene rings is 1. The van der Waals surface area contributed by atoms with Gasteiger partial charge in [0.1, 0.15) is 12.4 Å². The number of hydrogen-bond donors (Lipinski definition) is 0. The van der Waals surface area contributed by atoms with Crippen LogP contribution in [0, 0.1) is 0 Å². The molecular weight excluding hydrogens is 312 g/mol. The maximum Gasteiger partial charge on any atom is 0.230 e. The van der Waals surface area contributed by atoms with E-state index >= 15 is 0 Å². The second kappa shape index (κ2) is 5.30. The molecule has 1 aliphatic heterocycles. The van der Waals surface area contributed by atoms with Crippen molar-refractivity contribution >= 4 is 32.8 Å². The number of aromatic nitrogens is 1. The van der Waals surface area contributed by atoms with Crippen molar-refractivity contribution in [2.75, 3.05) is 19.9 Å². The fourth-order valence-electron chi connectivity index (χ4n) is 2.14. The highest BCUT2D eigenvalue weighted by Gasteiger charge is 2.20. The minimum Gasteiger partial charge on any atom is -0.361 e. The molecule has 0 radical (unpaired) electrons. The van der Waals surface area contributed by atoms with E-state index in [0.29, 0.717) is 18.0 Å². The molecule has 2 heterocycles. The van der Waals surface area contributed by atoms with Crippen LogP contribution in [0.15, 0.2) is 27.2 Å². The van der Waals surface area contributed by atoms with Crippen LogP contribution in [0.1, 0.15) is 12.1 Å². The van der Waals surface area contributed by atoms with Crippen LogP contribution in [0.4, 0.5) is 0 Å². The van der Waals surface area contributed by atoms with Crippen LogP contribution in [0.3, 0.4) is 0 Å². The van der Waals surface area contributed by atoms with E-state index in [1.165, 1.54) is 0 Å². The van der Waals surface area contributed by atoms with Gasteiger partial charge in [-0.15, -0.1) is 0 Å². The van der Waals surface area contributed by atoms with Gasteiger partial charge in [0.05, 0.1) is 13.0 Å². The molecule has 3 rings (SSSR count). The van der Waals surface area contributed by atoms with Gasteiger partial charge in [-0.05, 0) is 24.6 Å². The molecule has 0 bridgehead atoms. The fourth-order valence-corrected chi connectivity index (χ4v) is 2.50. The summed E-state index contributed by atoms with van der Waals surface area (Å²) >= 11 is 3.41. The van der Waals surface area contributed by atoms with Crippen LogP contribution in [-0.2, 0) is 16.0 Å². The first-order valence-electron chi connectivity index (χ1n) is 6.13. The molecule has 0 atom stereocenters. The number of halogens is 1. The molecule has 1 amide bonds. The third kappa shape index (κ3) is 2.64. The zero-order valence-electron chi connectivity index (χ0n) is 10.3. The summed E-state index contributed by atoms with van der Waals surface area (Å²) in [6.07, 6.45) is 1.13. The Morgan fingerprint density at radius 3 is 3.16 bits per heavy atom. The average Bonchev–Trinajstić information content (AvgIpc) is 2.82. The highest BCUT2D eigenvalue weighted by Crippen LogP contribution is 2.23. The van der Waals surface area contributed by atoms with Crippen molar-refractivity contribution in [2.45, 2.75) is 12.8 Å². The summed E-state index contributed by atoms with van der Waals surface area (Å²) in [7, 11) is 0. The minimum atomic E-state index is 0.0230. The average molecular weight is 325 g/mol. The van der Waals surface area contributed by atoms with Gasteiger partial charge in [-0.25, -0.2) is 0 Å². The number of hydrogen-bond acceptors (Lipinski definition) is 4. The molecule has 0 aliphatic carbocycles. The topological polar surface area (TPSA) is 55.6 Å². The Labute approximate surface area is 118 Å². The fraction of sp³-hybridized carbons (Fsp3) is 0.385. The Bertz CT molecular complexity index is 605. The molecule has 0 spiro atoms. The van der Waals surface area contributed by atoms with Crippen LogP contribution in [-0.4, -0.2) is 35.8 Å². The molecule has 1 aromatic carbocycles. The molecular formula is C13H13BrN2O3. The molecule has 1 fully saturated rings. The molecule has 5 nitrogen and oxygen atoms in total. The number of amides is 1. The second-order valence-corrected chi connectivity index (χ2v) is 5.41. The van der Waals surface area contributed by atoms with Crippen LogP contribution < -0.4 is 0 Å². The van der Waals surface area contributed by atoms with Crippen LogP contribution in [0.25, 0.3) is 11.0 Å². The normalized spacial score (nSPS) is 15.9. The van der Waals surface area contributed by atoms with E-state index in [4.69, 9.17) is 9.26 Å². The molecule has 19 heavy (non-hydrogen) atoms. The number of carbonyl (C=O) groups is 1. The summed E-state index contributed by atoms with van der Waals surface area (Å²) in [4.78, 5) is 13.9. The summed E-state index contributed by atoms with van der Waals surface area (Å²) in [5.74, 6) is 0.0230. The highest BCUT2D eigenvalue weighted by atomic mass is 79.9. The van der Waals surface area contributed by atoms with E-state index in [-0.39, 0.29) is 12.3 Å². The molecule has 1 saturated heterocycles. The van der Waals surface area contributed by atoms with Crippen LogP contribution >= 0.6 is 15.9 Å². The third-order valence-corrected chi connectivity index (χ3v) is 3.64. The van der Waals surface area contributed by atoms with Gasteiger partial charge in [0.15, 0.2) is 5.58 Å². The SMILES string of the molecule is O=C(Cc1noc2ccc(Br)cc12)N1CCCOC1. The van der Waals surface area contributed by atoms with E-state index < -0.39 is 0 Å². The first kappa shape index (κ1) is 12.6. The summed E-state index contributed by atoms with van der Waals surface area (Å²) in [6.45, 7) is 1.85. The van der Waals surface area contributed by atoms with Crippen molar-refractivity contribution in [1.82, 2.24) is 10.1 Å². The minimum absolute atomic E-state index is 0.0230. The Hall–Kier alpha value is -1.40. The van der Waals surface area contributed by atoms with Crippen molar-refractivity contribution < 1.29 is 14.1 Å². The maximum atomic E-state index is 12.1. The van der Waals surface area contributed by atoms with E-state index in [0.717, 1.165) is 29.4 Å². The molecule has 1 aliphatic rings. The second-order valence-electron chi connectivity index (χ2n) is 4.49. The van der Waals surface area contributed by atoms with E-state index in [9.17, 15) is 4.79 Å². The van der Waals surface area contributed by atoms with Gasteiger partial charge in [-0.2, -0.15) is 0 Å². The third-order valence-electron chi connectivity index (χ3n) is 3.14. The standard InChI is InChI=1S/C13H13BrN2O3/c14-9-2-3-12-10(6-9)11(15-19-12)7-13(17)16-4-1-5-18-8-16/h2-3,6H,1,4-5,7-8H2. The highest BCUT2D eigenvalue weighted by molar-refractivity contribution is 9.10. The summed E-state index contributed by atoms with van der Waals surface area (Å²) in [6, 6.07) is 5.64. The van der Waals surface area contributed by atoms with E-state index in [2.05, 4.69) is 21.1 Å². The largest absolute Gasteiger partial charge is 0.361 e. The van der Waals surface area contributed by atoms with Crippen molar-refractivity contribution in [2.24, 2.45) is 0 Å². The Morgan fingerprint density at radius 2 is 2.37 bits per heavy atom. The number of ether oxygens (including phenoxy) is 1. The lowest BCUT2D eigenvalue weighted by Gasteiger charge is -2.26. The lowest BCUT2D eigenvalue weighted by Crippen LogP contribution is -2.39. The quantitative estimate of drug-likeness (QED) is 0.850. The molecule has 6 heteroatoms. The van der Waals surface area contributed by atoms with Crippen molar-refractivity contribution in [1.29, 1.82) is 0 Å². The van der Waals surface area contributed by atoms with Crippen LogP contribution in [0.2, 0.25) is 0 Å². The molecule has 0 saturated carbocycles. The van der Waals surface area contributed by atoms with Gasteiger partial charge in [-0.3, -0.25) is 4.79 Å². The molecule has 2 aromatic rings. The molecule has 1 aromatic heterocycles. The van der Waals surface area contributed by atoms with Gasteiger partial charge in [0.2, 0.25) is 5.91 Å². The summed E-state index contributed by atoms with van der Waals surface area (Å²) in [5, 5.41) is 4.86. The number of nitrogens with zero attached hydrogens (tertiary/aromatic N) is 2. The zero-order valence-corrected chi connectivity index (χ0v) is 11.9. The summed E-state index contributed by atoms with van der Waals surface area (Å²) in [5.41, 5.74) is 1.37. The lowest BCUT2D eigenvalue weighted by atomic mass is 10.1. The summed E-state index contributed by atoms with van der Waals surface area (Å²) < 4.78 is 11.4. The smallest absolute Gasteiger partial charge is 0.230 e. The van der Waals surface area contributed by atoms with E-state index in [1.807, 2.05) is 18.2 Å². The Balaban J connectivity index is 1.80. The number of rotatable bonds is 2. The van der Waals surface area contributed by atoms with Gasteiger partial charge in [0, 0.05) is 16.4 Å². The lowest BCUT2D eigenvalue weighted by molar-refractivity contribution is -0.139. The maximum absolute atomic E-state index is 12.1. The monoisotopic (exact) mass is 324 g/mol. The molecule has 100 valence electrons. The van der Waals surface area contributed by atoms with Gasteiger partial charge < -0.3 is 14.2 Å². The van der Waals surface area contributed by atoms with Crippen molar-refractivity contribution in [3.8, 4) is 0 Å². The van der Waals surface area contributed by atoms with Crippen LogP contribution in [0.5, 0.6) is 0 Å². The van der Waals surface area contributed by atoms with Gasteiger partial charge in [0.25, 0.3) is 0 Å². The Kier molecular flexibility index (Phi) is 3.52. The first-order valence-corrected chi connectivity index (χ1v) is 6.92. The predicted molar refractivity (Wildman–Crippen MR) is 72.6 cm³/mol. The molecule has 0 N–H and O–H groups in total. The van der Waals surface area contributed by atoms with E-state index in [1.54, 1.807) is 4.90 Å².